The number of imidazole rings is 1. The van der Waals surface area contributed by atoms with Crippen LogP contribution in [0.5, 0.6) is 5.75 Å². The molecule has 29 heavy (non-hydrogen) atoms. The van der Waals surface area contributed by atoms with Crippen LogP contribution in [-0.2, 0) is 13.1 Å². The van der Waals surface area contributed by atoms with Gasteiger partial charge in [0.2, 0.25) is 0 Å². The van der Waals surface area contributed by atoms with E-state index in [1.165, 1.54) is 0 Å². The number of para-hydroxylation sites is 2. The van der Waals surface area contributed by atoms with E-state index in [4.69, 9.17) is 10.5 Å². The van der Waals surface area contributed by atoms with Crippen molar-refractivity contribution in [1.29, 1.82) is 0 Å². The number of rotatable bonds is 10. The number of ether oxygens (including phenoxy) is 1. The largest absolute Gasteiger partial charge is 0.491 e. The number of hydrogen-bond donors (Lipinski definition) is 3. The van der Waals surface area contributed by atoms with Crippen molar-refractivity contribution in [2.24, 2.45) is 0 Å². The van der Waals surface area contributed by atoms with Gasteiger partial charge in [0.25, 0.3) is 0 Å². The van der Waals surface area contributed by atoms with Crippen LogP contribution >= 0.6 is 0 Å². The maximum atomic E-state index is 10.6. The van der Waals surface area contributed by atoms with Crippen LogP contribution in [0.4, 0.5) is 5.95 Å². The molecule has 6 nitrogen and oxygen atoms in total. The number of nitrogens with two attached hydrogens (primary N) is 1. The lowest BCUT2D eigenvalue weighted by molar-refractivity contribution is -0.897. The van der Waals surface area contributed by atoms with Crippen molar-refractivity contribution < 1.29 is 19.3 Å². The van der Waals surface area contributed by atoms with Gasteiger partial charge >= 0.3 is 5.95 Å². The Hall–Kier alpha value is -2.57. The van der Waals surface area contributed by atoms with Crippen LogP contribution < -0.4 is 19.9 Å². The van der Waals surface area contributed by atoms with Crippen molar-refractivity contribution >= 4 is 17.0 Å². The lowest BCUT2D eigenvalue weighted by atomic mass is 10.2. The van der Waals surface area contributed by atoms with E-state index in [1.54, 1.807) is 4.90 Å². The number of hydrogen-bond acceptors (Lipinski definition) is 3. The third kappa shape index (κ3) is 5.08. The first-order valence-corrected chi connectivity index (χ1v) is 10.5. The van der Waals surface area contributed by atoms with Gasteiger partial charge in [0.05, 0.1) is 13.1 Å². The molecule has 3 aromatic rings. The summed E-state index contributed by atoms with van der Waals surface area (Å²) in [5, 5.41) is 10.6. The van der Waals surface area contributed by atoms with Crippen molar-refractivity contribution in [3.05, 3.63) is 54.1 Å². The molecule has 0 fully saturated rings. The zero-order chi connectivity index (χ0) is 20.8. The number of aliphatic hydroxyl groups is 1. The molecule has 156 valence electrons. The summed E-state index contributed by atoms with van der Waals surface area (Å²) in [7, 11) is 0. The smallest absolute Gasteiger partial charge is 0.356 e. The number of nitrogens with zero attached hydrogens (tertiary/aromatic N) is 2. The van der Waals surface area contributed by atoms with Gasteiger partial charge in [0, 0.05) is 0 Å². The maximum absolute atomic E-state index is 10.6. The summed E-state index contributed by atoms with van der Waals surface area (Å²) in [6, 6.07) is 16.0. The van der Waals surface area contributed by atoms with Crippen LogP contribution in [0.15, 0.2) is 48.5 Å². The van der Waals surface area contributed by atoms with E-state index >= 15 is 0 Å². The molecule has 0 aliphatic heterocycles. The average Bonchev–Trinajstić information content (AvgIpc) is 2.99. The number of fused-ring (bicyclic) bond motifs is 1. The SMILES string of the molecule is CC[NH+](CC)CCn1c(N)[n+](C[C@@H](O)COc2cccc(C)c2)c2ccccc21. The fraction of sp³-hybridized carbons (Fsp3) is 0.435. The molecule has 0 saturated heterocycles. The van der Waals surface area contributed by atoms with Crippen molar-refractivity contribution in [3.63, 3.8) is 0 Å². The van der Waals surface area contributed by atoms with Gasteiger partial charge in [-0.1, -0.05) is 24.3 Å². The number of aryl methyl sites for hydroxylation is 1. The summed E-state index contributed by atoms with van der Waals surface area (Å²) in [5.74, 6) is 1.44. The molecule has 0 unspecified atom stereocenters. The van der Waals surface area contributed by atoms with Crippen LogP contribution in [-0.4, -0.2) is 42.0 Å². The third-order valence-corrected chi connectivity index (χ3v) is 5.53. The Balaban J connectivity index is 1.75. The number of likely N-dealkylation sites (N-methyl/N-ethyl adjacent to an activating group) is 1. The van der Waals surface area contributed by atoms with E-state index < -0.39 is 6.10 Å². The number of benzene rings is 2. The molecule has 1 atom stereocenters. The second-order valence-electron chi connectivity index (χ2n) is 7.60. The van der Waals surface area contributed by atoms with Crippen LogP contribution in [0.2, 0.25) is 0 Å². The molecule has 0 aliphatic rings. The number of quaternary nitrogens is 1. The summed E-state index contributed by atoms with van der Waals surface area (Å²) >= 11 is 0. The van der Waals surface area contributed by atoms with Crippen LogP contribution in [0.3, 0.4) is 0 Å². The molecular formula is C23H34N4O2+2. The molecule has 3 rings (SSSR count). The summed E-state index contributed by atoms with van der Waals surface area (Å²) in [6.07, 6.45) is -0.657. The zero-order valence-electron chi connectivity index (χ0n) is 17.8. The zero-order valence-corrected chi connectivity index (χ0v) is 17.8. The van der Waals surface area contributed by atoms with Gasteiger partial charge in [-0.2, -0.15) is 0 Å². The number of aliphatic hydroxyl groups excluding tert-OH is 1. The number of anilines is 1. The quantitative estimate of drug-likeness (QED) is 0.449. The van der Waals surface area contributed by atoms with E-state index in [-0.39, 0.29) is 6.61 Å². The highest BCUT2D eigenvalue weighted by atomic mass is 16.5. The molecule has 2 aromatic carbocycles. The monoisotopic (exact) mass is 398 g/mol. The van der Waals surface area contributed by atoms with Gasteiger partial charge in [0.15, 0.2) is 0 Å². The molecule has 0 radical (unpaired) electrons. The van der Waals surface area contributed by atoms with Gasteiger partial charge in [0.1, 0.15) is 49.1 Å². The first kappa shape index (κ1) is 21.1. The molecule has 0 spiro atoms. The van der Waals surface area contributed by atoms with Crippen molar-refractivity contribution in [1.82, 2.24) is 4.57 Å². The Kier molecular flexibility index (Phi) is 7.12. The summed E-state index contributed by atoms with van der Waals surface area (Å²) in [4.78, 5) is 1.54. The predicted octanol–water partition coefficient (Wildman–Crippen LogP) is 1.18. The van der Waals surface area contributed by atoms with Crippen LogP contribution in [0.25, 0.3) is 11.0 Å². The Morgan fingerprint density at radius 3 is 2.62 bits per heavy atom. The van der Waals surface area contributed by atoms with E-state index in [2.05, 4.69) is 30.5 Å². The Morgan fingerprint density at radius 2 is 1.90 bits per heavy atom. The molecule has 1 heterocycles. The second kappa shape index (κ2) is 9.76. The first-order valence-electron chi connectivity index (χ1n) is 10.5. The standard InChI is InChI=1S/C23H32N4O2/c1-4-25(5-2)13-14-26-21-11-6-7-12-22(21)27(23(26)24)16-19(28)17-29-20-10-8-9-18(3)15-20/h6-12,15,19,24,28H,4-5,13-14,16-17H2,1-3H3/p+2/t19-/m1/s1. The summed E-state index contributed by atoms with van der Waals surface area (Å²) < 4.78 is 9.93. The highest BCUT2D eigenvalue weighted by molar-refractivity contribution is 5.73. The van der Waals surface area contributed by atoms with Gasteiger partial charge < -0.3 is 14.7 Å². The minimum Gasteiger partial charge on any atom is -0.491 e. The van der Waals surface area contributed by atoms with Gasteiger partial charge in [-0.05, 0) is 50.6 Å². The van der Waals surface area contributed by atoms with Crippen LogP contribution in [0, 0.1) is 6.92 Å². The summed E-state index contributed by atoms with van der Waals surface area (Å²) in [5.41, 5.74) is 9.80. The van der Waals surface area contributed by atoms with Crippen molar-refractivity contribution in [3.8, 4) is 5.75 Å². The molecule has 1 aromatic heterocycles. The van der Waals surface area contributed by atoms with Crippen molar-refractivity contribution in [2.75, 3.05) is 32.0 Å². The van der Waals surface area contributed by atoms with Crippen LogP contribution in [0.1, 0.15) is 19.4 Å². The predicted molar refractivity (Wildman–Crippen MR) is 116 cm³/mol. The fourth-order valence-electron chi connectivity index (χ4n) is 3.77. The molecular weight excluding hydrogens is 364 g/mol. The maximum Gasteiger partial charge on any atom is 0.356 e. The second-order valence-corrected chi connectivity index (χ2v) is 7.60. The molecule has 0 saturated carbocycles. The number of aromatic nitrogens is 2. The van der Waals surface area contributed by atoms with E-state index in [9.17, 15) is 5.11 Å². The lowest BCUT2D eigenvalue weighted by Crippen LogP contribution is -3.11. The highest BCUT2D eigenvalue weighted by Crippen LogP contribution is 2.16. The molecule has 6 heteroatoms. The fourth-order valence-corrected chi connectivity index (χ4v) is 3.77. The number of nitrogens with one attached hydrogen (secondary N) is 1. The minimum atomic E-state index is -0.657. The van der Waals surface area contributed by atoms with Gasteiger partial charge in [-0.25, -0.2) is 9.13 Å². The Morgan fingerprint density at radius 1 is 1.14 bits per heavy atom. The summed E-state index contributed by atoms with van der Waals surface area (Å²) in [6.45, 7) is 11.1. The number of nitrogen functional groups attached to an aromatic ring is 1. The molecule has 0 bridgehead atoms. The van der Waals surface area contributed by atoms with Gasteiger partial charge in [-0.3, -0.25) is 5.73 Å². The molecule has 4 N–H and O–H groups in total. The average molecular weight is 399 g/mol. The van der Waals surface area contributed by atoms with E-state index in [1.807, 2.05) is 47.9 Å². The third-order valence-electron chi connectivity index (χ3n) is 5.53. The highest BCUT2D eigenvalue weighted by Gasteiger charge is 2.23. The lowest BCUT2D eigenvalue weighted by Gasteiger charge is -2.14. The Bertz CT molecular complexity index is 934. The molecule has 0 aliphatic carbocycles. The first-order chi connectivity index (χ1) is 14.0. The minimum absolute atomic E-state index is 0.221. The van der Waals surface area contributed by atoms with Crippen molar-refractivity contribution in [2.45, 2.75) is 40.0 Å². The molecule has 0 amide bonds. The Labute approximate surface area is 173 Å². The van der Waals surface area contributed by atoms with E-state index in [0.717, 1.165) is 48.5 Å². The van der Waals surface area contributed by atoms with E-state index in [0.29, 0.717) is 12.5 Å². The topological polar surface area (TPSA) is 68.7 Å². The van der Waals surface area contributed by atoms with Gasteiger partial charge in [-0.15, -0.1) is 0 Å². The normalized spacial score (nSPS) is 12.6.